The van der Waals surface area contributed by atoms with E-state index in [1.54, 1.807) is 0 Å². The molecule has 10 rings (SSSR count). The Labute approximate surface area is 276 Å². The maximum Gasteiger partial charge on any atom is 0.227 e. The molecule has 2 aliphatic carbocycles. The van der Waals surface area contributed by atoms with Gasteiger partial charge < -0.3 is 8.83 Å². The van der Waals surface area contributed by atoms with Crippen LogP contribution in [0.2, 0.25) is 0 Å². The molecule has 2 aliphatic rings. The van der Waals surface area contributed by atoms with Crippen LogP contribution in [-0.4, -0.2) is 19.9 Å². The number of aromatic nitrogens is 4. The summed E-state index contributed by atoms with van der Waals surface area (Å²) in [6.07, 6.45) is 5.37. The summed E-state index contributed by atoms with van der Waals surface area (Å²) < 4.78 is 12.7. The molecule has 0 aliphatic heterocycles. The van der Waals surface area contributed by atoms with Gasteiger partial charge in [0.15, 0.2) is 17.5 Å². The summed E-state index contributed by atoms with van der Waals surface area (Å²) in [5.74, 6) is 3.03. The van der Waals surface area contributed by atoms with E-state index in [9.17, 15) is 0 Å². The molecule has 4 aromatic carbocycles. The summed E-state index contributed by atoms with van der Waals surface area (Å²) in [4.78, 5) is 19.9. The van der Waals surface area contributed by atoms with Gasteiger partial charge in [-0.15, -0.1) is 0 Å². The molecule has 0 radical (unpaired) electrons. The van der Waals surface area contributed by atoms with E-state index in [0.29, 0.717) is 34.8 Å². The number of fused-ring (bicyclic) bond motifs is 9. The zero-order chi connectivity index (χ0) is 32.1. The summed E-state index contributed by atoms with van der Waals surface area (Å²) in [6, 6.07) is 33.3. The van der Waals surface area contributed by atoms with Crippen molar-refractivity contribution >= 4 is 39.1 Å². The highest BCUT2D eigenvalue weighted by Gasteiger charge is 2.36. The summed E-state index contributed by atoms with van der Waals surface area (Å²) in [5.41, 5.74) is 10.8. The quantitative estimate of drug-likeness (QED) is 0.195. The SMILES string of the molecule is CC1CC=Cc2c1oc1ccc(-c3nc(-c4ccccc4)nc(-c4ccc5c(n4)oc4cc6c(cc45)C(C)(C)c4ccccc4-6)n3)cc21. The third kappa shape index (κ3) is 3.92. The molecule has 4 aromatic heterocycles. The molecule has 6 nitrogen and oxygen atoms in total. The number of benzene rings is 4. The Kier molecular flexibility index (Phi) is 5.57. The number of rotatable bonds is 3. The van der Waals surface area contributed by atoms with E-state index in [1.807, 2.05) is 48.5 Å². The van der Waals surface area contributed by atoms with Crippen molar-refractivity contribution in [3.05, 3.63) is 126 Å². The highest BCUT2D eigenvalue weighted by Crippen LogP contribution is 2.50. The van der Waals surface area contributed by atoms with Crippen molar-refractivity contribution < 1.29 is 8.83 Å². The number of allylic oxidation sites excluding steroid dienone is 1. The van der Waals surface area contributed by atoms with Gasteiger partial charge in [0.2, 0.25) is 5.71 Å². The third-order valence-electron chi connectivity index (χ3n) is 10.2. The molecular weight excluding hydrogens is 592 g/mol. The van der Waals surface area contributed by atoms with Crippen LogP contribution in [0.4, 0.5) is 0 Å². The molecule has 230 valence electrons. The average molecular weight is 623 g/mol. The number of pyridine rings is 1. The van der Waals surface area contributed by atoms with E-state index < -0.39 is 0 Å². The van der Waals surface area contributed by atoms with Gasteiger partial charge in [-0.25, -0.2) is 19.9 Å². The summed E-state index contributed by atoms with van der Waals surface area (Å²) in [6.45, 7) is 6.79. The molecule has 0 N–H and O–H groups in total. The van der Waals surface area contributed by atoms with E-state index in [1.165, 1.54) is 22.3 Å². The Bertz CT molecular complexity index is 2650. The van der Waals surface area contributed by atoms with E-state index >= 15 is 0 Å². The molecule has 0 spiro atoms. The molecule has 4 heterocycles. The van der Waals surface area contributed by atoms with Crippen LogP contribution in [0.25, 0.3) is 84.5 Å². The Morgan fingerprint density at radius 1 is 0.625 bits per heavy atom. The van der Waals surface area contributed by atoms with Crippen molar-refractivity contribution in [2.24, 2.45) is 0 Å². The Hall–Kier alpha value is -5.88. The molecule has 8 aromatic rings. The summed E-state index contributed by atoms with van der Waals surface area (Å²) in [5, 5.41) is 3.09. The average Bonchev–Trinajstić information content (AvgIpc) is 3.75. The highest BCUT2D eigenvalue weighted by molar-refractivity contribution is 6.06. The molecule has 0 saturated heterocycles. The van der Waals surface area contributed by atoms with Crippen molar-refractivity contribution in [3.8, 4) is 45.4 Å². The van der Waals surface area contributed by atoms with Gasteiger partial charge in [-0.3, -0.25) is 0 Å². The van der Waals surface area contributed by atoms with Crippen LogP contribution in [-0.2, 0) is 5.41 Å². The topological polar surface area (TPSA) is 77.8 Å². The molecule has 1 unspecified atom stereocenters. The molecule has 0 saturated carbocycles. The van der Waals surface area contributed by atoms with Crippen LogP contribution in [0.15, 0.2) is 112 Å². The molecule has 1 atom stereocenters. The predicted octanol–water partition coefficient (Wildman–Crippen LogP) is 10.7. The van der Waals surface area contributed by atoms with E-state index in [-0.39, 0.29) is 5.41 Å². The van der Waals surface area contributed by atoms with Crippen LogP contribution < -0.4 is 0 Å². The van der Waals surface area contributed by atoms with E-state index in [4.69, 9.17) is 28.8 Å². The zero-order valence-corrected chi connectivity index (χ0v) is 26.8. The van der Waals surface area contributed by atoms with Gasteiger partial charge in [0.1, 0.15) is 22.6 Å². The van der Waals surface area contributed by atoms with Gasteiger partial charge >= 0.3 is 0 Å². The van der Waals surface area contributed by atoms with Gasteiger partial charge in [-0.2, -0.15) is 0 Å². The number of furan rings is 2. The van der Waals surface area contributed by atoms with Gasteiger partial charge in [-0.1, -0.05) is 87.5 Å². The fourth-order valence-corrected chi connectivity index (χ4v) is 7.62. The van der Waals surface area contributed by atoms with Crippen molar-refractivity contribution in [1.29, 1.82) is 0 Å². The fourth-order valence-electron chi connectivity index (χ4n) is 7.62. The minimum absolute atomic E-state index is 0.0977. The standard InChI is InChI=1S/C42H30N4O2/c1-23-10-9-14-27-30-20-25(16-19-35(30)47-37(23)27)39-44-38(24-11-5-4-6-12-24)45-40(46-39)34-18-17-28-31-21-33-29(22-36(31)48-41(28)43-34)26-13-7-8-15-32(26)42(33,2)3/h4-9,11-23H,10H2,1-3H3. The number of hydrogen-bond acceptors (Lipinski definition) is 6. The fraction of sp³-hybridized carbons (Fsp3) is 0.143. The van der Waals surface area contributed by atoms with Crippen LogP contribution in [0.3, 0.4) is 0 Å². The lowest BCUT2D eigenvalue weighted by Crippen LogP contribution is -2.14. The monoisotopic (exact) mass is 622 g/mol. The highest BCUT2D eigenvalue weighted by atomic mass is 16.3. The van der Waals surface area contributed by atoms with E-state index in [2.05, 4.69) is 81.5 Å². The Balaban J connectivity index is 1.13. The first-order valence-electron chi connectivity index (χ1n) is 16.5. The normalized spacial score (nSPS) is 16.0. The second kappa shape index (κ2) is 9.81. The van der Waals surface area contributed by atoms with Crippen LogP contribution >= 0.6 is 0 Å². The predicted molar refractivity (Wildman–Crippen MR) is 191 cm³/mol. The minimum Gasteiger partial charge on any atom is -0.460 e. The molecular formula is C42H30N4O2. The second-order valence-electron chi connectivity index (χ2n) is 13.5. The summed E-state index contributed by atoms with van der Waals surface area (Å²) in [7, 11) is 0. The third-order valence-corrected chi connectivity index (χ3v) is 10.2. The Morgan fingerprint density at radius 2 is 1.42 bits per heavy atom. The first-order valence-corrected chi connectivity index (χ1v) is 16.5. The maximum atomic E-state index is 6.45. The lowest BCUT2D eigenvalue weighted by molar-refractivity contribution is 0.504. The lowest BCUT2D eigenvalue weighted by Gasteiger charge is -2.21. The number of nitrogens with zero attached hydrogens (tertiary/aromatic N) is 4. The smallest absolute Gasteiger partial charge is 0.227 e. The van der Waals surface area contributed by atoms with E-state index in [0.717, 1.165) is 56.2 Å². The number of hydrogen-bond donors (Lipinski definition) is 0. The second-order valence-corrected chi connectivity index (χ2v) is 13.5. The molecule has 0 amide bonds. The summed E-state index contributed by atoms with van der Waals surface area (Å²) >= 11 is 0. The van der Waals surface area contributed by atoms with Gasteiger partial charge in [0.05, 0.1) is 0 Å². The van der Waals surface area contributed by atoms with Crippen molar-refractivity contribution in [2.75, 3.05) is 0 Å². The molecule has 0 bridgehead atoms. The van der Waals surface area contributed by atoms with Gasteiger partial charge in [0, 0.05) is 44.2 Å². The van der Waals surface area contributed by atoms with Gasteiger partial charge in [0.25, 0.3) is 0 Å². The Morgan fingerprint density at radius 3 is 2.29 bits per heavy atom. The molecule has 6 heteroatoms. The van der Waals surface area contributed by atoms with Crippen LogP contribution in [0, 0.1) is 0 Å². The maximum absolute atomic E-state index is 6.45. The van der Waals surface area contributed by atoms with Gasteiger partial charge in [-0.05, 0) is 71.1 Å². The zero-order valence-electron chi connectivity index (χ0n) is 26.8. The first kappa shape index (κ1) is 27.3. The van der Waals surface area contributed by atoms with Crippen molar-refractivity contribution in [1.82, 2.24) is 19.9 Å². The van der Waals surface area contributed by atoms with Crippen molar-refractivity contribution in [3.63, 3.8) is 0 Å². The lowest BCUT2D eigenvalue weighted by atomic mass is 9.82. The van der Waals surface area contributed by atoms with Crippen LogP contribution in [0.1, 0.15) is 55.6 Å². The van der Waals surface area contributed by atoms with Crippen molar-refractivity contribution in [2.45, 2.75) is 38.5 Å². The van der Waals surface area contributed by atoms with Crippen LogP contribution in [0.5, 0.6) is 0 Å². The molecule has 48 heavy (non-hydrogen) atoms. The first-order chi connectivity index (χ1) is 23.4. The molecule has 0 fully saturated rings. The largest absolute Gasteiger partial charge is 0.460 e. The minimum atomic E-state index is -0.0977.